The summed E-state index contributed by atoms with van der Waals surface area (Å²) in [7, 11) is 0. The summed E-state index contributed by atoms with van der Waals surface area (Å²) in [6.45, 7) is 3.33. The van der Waals surface area contributed by atoms with Crippen LogP contribution in [0.3, 0.4) is 0 Å². The number of carbonyl (C=O) groups excluding carboxylic acids is 3. The fraction of sp³-hybridized carbons (Fsp3) is 0.250. The molecule has 118 valence electrons. The van der Waals surface area contributed by atoms with Gasteiger partial charge in [0, 0.05) is 6.07 Å². The molecule has 0 bridgehead atoms. The van der Waals surface area contributed by atoms with Gasteiger partial charge in [-0.25, -0.2) is 14.6 Å². The van der Waals surface area contributed by atoms with Crippen molar-refractivity contribution < 1.29 is 18.9 Å². The Bertz CT molecular complexity index is 769. The first-order valence-corrected chi connectivity index (χ1v) is 7.15. The SMILES string of the molecule is Cc1cc(CN2C(=O)C(=O)N([C@H](C)c3ccccc3)C2=O)on1. The summed E-state index contributed by atoms with van der Waals surface area (Å²) in [4.78, 5) is 38.7. The van der Waals surface area contributed by atoms with Crippen LogP contribution < -0.4 is 0 Å². The van der Waals surface area contributed by atoms with Crippen LogP contribution in [0.1, 0.15) is 30.0 Å². The van der Waals surface area contributed by atoms with E-state index >= 15 is 0 Å². The van der Waals surface area contributed by atoms with Gasteiger partial charge in [0.1, 0.15) is 0 Å². The van der Waals surface area contributed by atoms with Crippen LogP contribution in [0.2, 0.25) is 0 Å². The highest BCUT2D eigenvalue weighted by Gasteiger charge is 2.47. The maximum absolute atomic E-state index is 12.5. The molecule has 0 aliphatic carbocycles. The van der Waals surface area contributed by atoms with E-state index in [1.165, 1.54) is 0 Å². The maximum atomic E-state index is 12.5. The predicted molar refractivity (Wildman–Crippen MR) is 78.9 cm³/mol. The average molecular weight is 313 g/mol. The number of carbonyl (C=O) groups is 3. The number of nitrogens with zero attached hydrogens (tertiary/aromatic N) is 3. The molecular formula is C16H15N3O4. The number of amides is 4. The lowest BCUT2D eigenvalue weighted by Gasteiger charge is -2.22. The Kier molecular flexibility index (Phi) is 3.69. The van der Waals surface area contributed by atoms with Crippen molar-refractivity contribution in [3.63, 3.8) is 0 Å². The molecule has 1 aromatic carbocycles. The molecule has 0 N–H and O–H groups in total. The number of hydrogen-bond donors (Lipinski definition) is 0. The number of hydrogen-bond acceptors (Lipinski definition) is 5. The zero-order chi connectivity index (χ0) is 16.6. The van der Waals surface area contributed by atoms with Crippen molar-refractivity contribution >= 4 is 17.8 Å². The molecule has 0 spiro atoms. The summed E-state index contributed by atoms with van der Waals surface area (Å²) in [6.07, 6.45) is 0. The number of aryl methyl sites for hydroxylation is 1. The van der Waals surface area contributed by atoms with E-state index in [1.54, 1.807) is 32.0 Å². The Hall–Kier alpha value is -2.96. The molecule has 2 heterocycles. The molecular weight excluding hydrogens is 298 g/mol. The zero-order valence-corrected chi connectivity index (χ0v) is 12.7. The third-order valence-electron chi connectivity index (χ3n) is 3.74. The van der Waals surface area contributed by atoms with Gasteiger partial charge in [0.15, 0.2) is 5.76 Å². The molecule has 0 radical (unpaired) electrons. The van der Waals surface area contributed by atoms with E-state index in [-0.39, 0.29) is 6.54 Å². The second-order valence-corrected chi connectivity index (χ2v) is 5.37. The molecule has 23 heavy (non-hydrogen) atoms. The Morgan fingerprint density at radius 3 is 2.43 bits per heavy atom. The van der Waals surface area contributed by atoms with E-state index < -0.39 is 23.9 Å². The van der Waals surface area contributed by atoms with Crippen molar-refractivity contribution in [2.75, 3.05) is 0 Å². The normalized spacial score (nSPS) is 16.3. The van der Waals surface area contributed by atoms with Crippen molar-refractivity contribution in [1.82, 2.24) is 15.0 Å². The summed E-state index contributed by atoms with van der Waals surface area (Å²) in [5.74, 6) is -1.33. The van der Waals surface area contributed by atoms with E-state index in [2.05, 4.69) is 5.16 Å². The lowest BCUT2D eigenvalue weighted by molar-refractivity contribution is -0.144. The third kappa shape index (κ3) is 2.61. The van der Waals surface area contributed by atoms with Gasteiger partial charge in [0.25, 0.3) is 0 Å². The first-order chi connectivity index (χ1) is 11.0. The smallest absolute Gasteiger partial charge is 0.335 e. The Balaban J connectivity index is 1.85. The molecule has 1 aliphatic rings. The summed E-state index contributed by atoms with van der Waals surface area (Å²) >= 11 is 0. The zero-order valence-electron chi connectivity index (χ0n) is 12.7. The molecule has 1 aromatic heterocycles. The van der Waals surface area contributed by atoms with Crippen LogP contribution in [0.15, 0.2) is 40.9 Å². The molecule has 1 saturated heterocycles. The van der Waals surface area contributed by atoms with E-state index in [1.807, 2.05) is 18.2 Å². The van der Waals surface area contributed by atoms with Crippen molar-refractivity contribution in [2.45, 2.75) is 26.4 Å². The first kappa shape index (κ1) is 15.0. The van der Waals surface area contributed by atoms with Crippen LogP contribution in [0.25, 0.3) is 0 Å². The summed E-state index contributed by atoms with van der Waals surface area (Å²) in [6, 6.07) is 9.52. The molecule has 4 amide bonds. The van der Waals surface area contributed by atoms with Crippen molar-refractivity contribution in [1.29, 1.82) is 0 Å². The van der Waals surface area contributed by atoms with Gasteiger partial charge in [0.05, 0.1) is 18.3 Å². The summed E-state index contributed by atoms with van der Waals surface area (Å²) in [5.41, 5.74) is 1.42. The summed E-state index contributed by atoms with van der Waals surface area (Å²) < 4.78 is 5.01. The van der Waals surface area contributed by atoms with E-state index in [4.69, 9.17) is 4.52 Å². The van der Waals surface area contributed by atoms with Crippen LogP contribution in [-0.2, 0) is 16.1 Å². The average Bonchev–Trinajstić information content (AvgIpc) is 3.05. The molecule has 3 rings (SSSR count). The Labute approximate surface area is 132 Å². The molecule has 1 fully saturated rings. The topological polar surface area (TPSA) is 83.7 Å². The number of imide groups is 2. The standard InChI is InChI=1S/C16H15N3O4/c1-10-8-13(23-17-10)9-18-14(20)15(21)19(16(18)22)11(2)12-6-4-3-5-7-12/h3-8,11H,9H2,1-2H3/t11-/m1/s1. The van der Waals surface area contributed by atoms with Gasteiger partial charge in [-0.3, -0.25) is 9.59 Å². The highest BCUT2D eigenvalue weighted by atomic mass is 16.5. The number of urea groups is 1. The van der Waals surface area contributed by atoms with Gasteiger partial charge in [0.2, 0.25) is 0 Å². The van der Waals surface area contributed by atoms with Gasteiger partial charge >= 0.3 is 17.8 Å². The van der Waals surface area contributed by atoms with Crippen LogP contribution in [0, 0.1) is 6.92 Å². The van der Waals surface area contributed by atoms with Crippen LogP contribution >= 0.6 is 0 Å². The number of benzene rings is 1. The minimum absolute atomic E-state index is 0.109. The van der Waals surface area contributed by atoms with Crippen molar-refractivity contribution in [3.05, 3.63) is 53.4 Å². The Morgan fingerprint density at radius 1 is 1.13 bits per heavy atom. The first-order valence-electron chi connectivity index (χ1n) is 7.15. The molecule has 1 aliphatic heterocycles. The van der Waals surface area contributed by atoms with Gasteiger partial charge < -0.3 is 4.52 Å². The molecule has 0 unspecified atom stereocenters. The minimum Gasteiger partial charge on any atom is -0.359 e. The van der Waals surface area contributed by atoms with Gasteiger partial charge in [-0.1, -0.05) is 35.5 Å². The van der Waals surface area contributed by atoms with Crippen LogP contribution in [0.5, 0.6) is 0 Å². The van der Waals surface area contributed by atoms with Crippen LogP contribution in [-0.4, -0.2) is 32.8 Å². The number of rotatable bonds is 4. The lowest BCUT2D eigenvalue weighted by atomic mass is 10.1. The predicted octanol–water partition coefficient (Wildman–Crippen LogP) is 2.04. The highest BCUT2D eigenvalue weighted by Crippen LogP contribution is 2.27. The van der Waals surface area contributed by atoms with Crippen molar-refractivity contribution in [2.24, 2.45) is 0 Å². The second-order valence-electron chi connectivity index (χ2n) is 5.37. The molecule has 7 nitrogen and oxygen atoms in total. The number of aromatic nitrogens is 1. The highest BCUT2D eigenvalue weighted by molar-refractivity contribution is 6.44. The van der Waals surface area contributed by atoms with Gasteiger partial charge in [-0.05, 0) is 19.4 Å². The lowest BCUT2D eigenvalue weighted by Crippen LogP contribution is -2.35. The molecule has 2 aromatic rings. The van der Waals surface area contributed by atoms with Crippen LogP contribution in [0.4, 0.5) is 4.79 Å². The fourth-order valence-corrected chi connectivity index (χ4v) is 2.53. The van der Waals surface area contributed by atoms with E-state index in [0.717, 1.165) is 15.4 Å². The molecule has 0 saturated carbocycles. The van der Waals surface area contributed by atoms with Gasteiger partial charge in [-0.15, -0.1) is 0 Å². The van der Waals surface area contributed by atoms with Gasteiger partial charge in [-0.2, -0.15) is 0 Å². The minimum atomic E-state index is -0.855. The summed E-state index contributed by atoms with van der Waals surface area (Å²) in [5, 5.41) is 3.71. The van der Waals surface area contributed by atoms with E-state index in [9.17, 15) is 14.4 Å². The molecule has 7 heteroatoms. The third-order valence-corrected chi connectivity index (χ3v) is 3.74. The monoisotopic (exact) mass is 313 g/mol. The Morgan fingerprint density at radius 2 is 1.83 bits per heavy atom. The molecule has 1 atom stereocenters. The van der Waals surface area contributed by atoms with Crippen molar-refractivity contribution in [3.8, 4) is 0 Å². The van der Waals surface area contributed by atoms with E-state index in [0.29, 0.717) is 11.5 Å². The maximum Gasteiger partial charge on any atom is 0.335 e. The fourth-order valence-electron chi connectivity index (χ4n) is 2.53. The quantitative estimate of drug-likeness (QED) is 0.637. The second kappa shape index (κ2) is 5.68. The largest absolute Gasteiger partial charge is 0.359 e.